The number of nitrogens with one attached hydrogen (secondary N) is 1. The molecule has 0 aliphatic carbocycles. The van der Waals surface area contributed by atoms with Gasteiger partial charge in [-0.15, -0.1) is 0 Å². The molecule has 2 aromatic carbocycles. The number of fused-ring (bicyclic) bond motifs is 1. The average Bonchev–Trinajstić information content (AvgIpc) is 2.90. The van der Waals surface area contributed by atoms with Gasteiger partial charge in [-0.3, -0.25) is 9.36 Å². The van der Waals surface area contributed by atoms with Crippen molar-refractivity contribution in [3.05, 3.63) is 52.5 Å². The molecule has 0 unspecified atom stereocenters. The Kier molecular flexibility index (Phi) is 4.97. The third-order valence-corrected chi connectivity index (χ3v) is 3.86. The quantitative estimate of drug-likeness (QED) is 0.733. The molecule has 0 fully saturated rings. The first kappa shape index (κ1) is 17.6. The SMILES string of the molecule is CCOc1ccc(C(=O)Nc2ccc3c(c2)oc(=O)n3C)cc1OCC. The molecule has 26 heavy (non-hydrogen) atoms. The van der Waals surface area contributed by atoms with Crippen molar-refractivity contribution in [2.45, 2.75) is 13.8 Å². The number of carbonyl (C=O) groups is 1. The molecular weight excluding hydrogens is 336 g/mol. The Morgan fingerprint density at radius 3 is 2.54 bits per heavy atom. The molecule has 0 radical (unpaired) electrons. The second kappa shape index (κ2) is 7.35. The van der Waals surface area contributed by atoms with Crippen LogP contribution < -0.4 is 20.5 Å². The van der Waals surface area contributed by atoms with Gasteiger partial charge in [-0.2, -0.15) is 0 Å². The zero-order valence-corrected chi connectivity index (χ0v) is 14.9. The van der Waals surface area contributed by atoms with Crippen LogP contribution in [0.25, 0.3) is 11.1 Å². The van der Waals surface area contributed by atoms with Crippen molar-refractivity contribution in [2.75, 3.05) is 18.5 Å². The molecule has 0 aliphatic heterocycles. The van der Waals surface area contributed by atoms with Gasteiger partial charge < -0.3 is 19.2 Å². The molecule has 3 aromatic rings. The molecule has 1 aromatic heterocycles. The van der Waals surface area contributed by atoms with Crippen molar-refractivity contribution >= 4 is 22.7 Å². The Bertz CT molecular complexity index is 1000. The molecule has 0 aliphatic rings. The van der Waals surface area contributed by atoms with Gasteiger partial charge in [-0.05, 0) is 44.2 Å². The van der Waals surface area contributed by atoms with Crippen molar-refractivity contribution in [2.24, 2.45) is 7.05 Å². The number of ether oxygens (including phenoxy) is 2. The van der Waals surface area contributed by atoms with Crippen LogP contribution in [0.5, 0.6) is 11.5 Å². The molecule has 0 spiro atoms. The second-order valence-corrected chi connectivity index (χ2v) is 5.59. The predicted octanol–water partition coefficient (Wildman–Crippen LogP) is 3.18. The van der Waals surface area contributed by atoms with E-state index in [2.05, 4.69) is 5.32 Å². The highest BCUT2D eigenvalue weighted by Gasteiger charge is 2.13. The standard InChI is InChI=1S/C19H20N2O5/c1-4-24-15-9-6-12(10-17(15)25-5-2)18(22)20-13-7-8-14-16(11-13)26-19(23)21(14)3/h6-11H,4-5H2,1-3H3,(H,20,22). The number of carbonyl (C=O) groups excluding carboxylic acids is 1. The molecular formula is C19H20N2O5. The van der Waals surface area contributed by atoms with Gasteiger partial charge in [0.15, 0.2) is 17.1 Å². The van der Waals surface area contributed by atoms with Crippen LogP contribution in [0.1, 0.15) is 24.2 Å². The summed E-state index contributed by atoms with van der Waals surface area (Å²) in [6, 6.07) is 10.1. The monoisotopic (exact) mass is 356 g/mol. The van der Waals surface area contributed by atoms with Gasteiger partial charge in [0.05, 0.1) is 18.7 Å². The minimum Gasteiger partial charge on any atom is -0.490 e. The molecule has 1 amide bonds. The molecule has 3 rings (SSSR count). The average molecular weight is 356 g/mol. The van der Waals surface area contributed by atoms with Crippen molar-refractivity contribution in [1.29, 1.82) is 0 Å². The van der Waals surface area contributed by atoms with Crippen LogP contribution in [0.3, 0.4) is 0 Å². The van der Waals surface area contributed by atoms with E-state index in [1.54, 1.807) is 43.4 Å². The smallest absolute Gasteiger partial charge is 0.419 e. The van der Waals surface area contributed by atoms with E-state index < -0.39 is 5.76 Å². The Morgan fingerprint density at radius 2 is 1.81 bits per heavy atom. The minimum atomic E-state index is -0.448. The summed E-state index contributed by atoms with van der Waals surface area (Å²) in [5, 5.41) is 2.79. The van der Waals surface area contributed by atoms with Gasteiger partial charge in [-0.1, -0.05) is 0 Å². The van der Waals surface area contributed by atoms with Gasteiger partial charge in [0.1, 0.15) is 0 Å². The fourth-order valence-corrected chi connectivity index (χ4v) is 2.61. The third-order valence-electron chi connectivity index (χ3n) is 3.86. The van der Waals surface area contributed by atoms with Crippen LogP contribution in [0.4, 0.5) is 5.69 Å². The fraction of sp³-hybridized carbons (Fsp3) is 0.263. The molecule has 0 atom stereocenters. The Morgan fingerprint density at radius 1 is 1.08 bits per heavy atom. The lowest BCUT2D eigenvalue weighted by atomic mass is 10.1. The molecule has 0 bridgehead atoms. The number of nitrogens with zero attached hydrogens (tertiary/aromatic N) is 1. The minimum absolute atomic E-state index is 0.299. The molecule has 1 heterocycles. The van der Waals surface area contributed by atoms with E-state index in [1.807, 2.05) is 13.8 Å². The highest BCUT2D eigenvalue weighted by atomic mass is 16.5. The number of rotatable bonds is 6. The van der Waals surface area contributed by atoms with Crippen LogP contribution >= 0.6 is 0 Å². The topological polar surface area (TPSA) is 82.7 Å². The first-order valence-electron chi connectivity index (χ1n) is 8.34. The van der Waals surface area contributed by atoms with E-state index in [1.165, 1.54) is 4.57 Å². The summed E-state index contributed by atoms with van der Waals surface area (Å²) in [5.74, 6) is 0.368. The summed E-state index contributed by atoms with van der Waals surface area (Å²) in [4.78, 5) is 24.1. The number of amides is 1. The van der Waals surface area contributed by atoms with E-state index in [4.69, 9.17) is 13.9 Å². The lowest BCUT2D eigenvalue weighted by Crippen LogP contribution is -2.12. The molecule has 0 saturated heterocycles. The summed E-state index contributed by atoms with van der Waals surface area (Å²) in [6.45, 7) is 4.72. The number of oxazole rings is 1. The van der Waals surface area contributed by atoms with E-state index in [9.17, 15) is 9.59 Å². The second-order valence-electron chi connectivity index (χ2n) is 5.59. The molecule has 7 heteroatoms. The van der Waals surface area contributed by atoms with Crippen LogP contribution in [-0.2, 0) is 7.05 Å². The van der Waals surface area contributed by atoms with E-state index >= 15 is 0 Å². The third kappa shape index (κ3) is 3.42. The Hall–Kier alpha value is -3.22. The van der Waals surface area contributed by atoms with Gasteiger partial charge in [0.2, 0.25) is 0 Å². The predicted molar refractivity (Wildman–Crippen MR) is 98.2 cm³/mol. The number of benzene rings is 2. The van der Waals surface area contributed by atoms with Crippen molar-refractivity contribution in [3.8, 4) is 11.5 Å². The number of anilines is 1. The summed E-state index contributed by atoms with van der Waals surface area (Å²) in [5.41, 5.74) is 2.04. The fourth-order valence-electron chi connectivity index (χ4n) is 2.61. The summed E-state index contributed by atoms with van der Waals surface area (Å²) >= 11 is 0. The largest absolute Gasteiger partial charge is 0.490 e. The van der Waals surface area contributed by atoms with Crippen LogP contribution in [0, 0.1) is 0 Å². The summed E-state index contributed by atoms with van der Waals surface area (Å²) < 4.78 is 17.6. The van der Waals surface area contributed by atoms with Gasteiger partial charge >= 0.3 is 5.76 Å². The molecule has 1 N–H and O–H groups in total. The molecule has 0 saturated carbocycles. The maximum atomic E-state index is 12.5. The van der Waals surface area contributed by atoms with Crippen molar-refractivity contribution in [1.82, 2.24) is 4.57 Å². The van der Waals surface area contributed by atoms with Gasteiger partial charge in [0.25, 0.3) is 5.91 Å². The lowest BCUT2D eigenvalue weighted by molar-refractivity contribution is 0.102. The van der Waals surface area contributed by atoms with Crippen LogP contribution in [0.2, 0.25) is 0 Å². The number of hydrogen-bond acceptors (Lipinski definition) is 5. The highest BCUT2D eigenvalue weighted by Crippen LogP contribution is 2.29. The summed E-state index contributed by atoms with van der Waals surface area (Å²) in [6.07, 6.45) is 0. The first-order chi connectivity index (χ1) is 12.5. The van der Waals surface area contributed by atoms with Gasteiger partial charge in [0, 0.05) is 24.4 Å². The zero-order valence-electron chi connectivity index (χ0n) is 14.9. The highest BCUT2D eigenvalue weighted by molar-refractivity contribution is 6.05. The maximum absolute atomic E-state index is 12.5. The molecule has 136 valence electrons. The van der Waals surface area contributed by atoms with Gasteiger partial charge in [-0.25, -0.2) is 4.79 Å². The zero-order chi connectivity index (χ0) is 18.7. The first-order valence-corrected chi connectivity index (χ1v) is 8.34. The number of hydrogen-bond donors (Lipinski definition) is 1. The van der Waals surface area contributed by atoms with Crippen LogP contribution in [-0.4, -0.2) is 23.7 Å². The van der Waals surface area contributed by atoms with E-state index in [0.29, 0.717) is 47.1 Å². The number of aromatic nitrogens is 1. The Balaban J connectivity index is 1.85. The van der Waals surface area contributed by atoms with E-state index in [0.717, 1.165) is 0 Å². The molecule has 7 nitrogen and oxygen atoms in total. The van der Waals surface area contributed by atoms with Crippen molar-refractivity contribution < 1.29 is 18.7 Å². The van der Waals surface area contributed by atoms with Crippen molar-refractivity contribution in [3.63, 3.8) is 0 Å². The van der Waals surface area contributed by atoms with E-state index in [-0.39, 0.29) is 5.91 Å². The van der Waals surface area contributed by atoms with Crippen LogP contribution in [0.15, 0.2) is 45.6 Å². The number of aryl methyl sites for hydroxylation is 1. The normalized spacial score (nSPS) is 10.7. The maximum Gasteiger partial charge on any atom is 0.419 e. The summed E-state index contributed by atoms with van der Waals surface area (Å²) in [7, 11) is 1.63. The lowest BCUT2D eigenvalue weighted by Gasteiger charge is -2.12. The Labute approximate surface area is 150 Å².